The third-order valence-electron chi connectivity index (χ3n) is 3.16. The van der Waals surface area contributed by atoms with E-state index in [1.807, 2.05) is 14.1 Å². The van der Waals surface area contributed by atoms with Crippen LogP contribution < -0.4 is 11.1 Å². The normalized spacial score (nSPS) is 11.1. The molecule has 0 aliphatic heterocycles. The molecule has 0 atom stereocenters. The molecule has 0 aliphatic carbocycles. The number of nitrogens with two attached hydrogens (primary N) is 1. The summed E-state index contributed by atoms with van der Waals surface area (Å²) in [6, 6.07) is 5.07. The van der Waals surface area contributed by atoms with E-state index in [9.17, 15) is 4.79 Å². The van der Waals surface area contributed by atoms with E-state index >= 15 is 0 Å². The lowest BCUT2D eigenvalue weighted by Crippen LogP contribution is -2.35. The summed E-state index contributed by atoms with van der Waals surface area (Å²) >= 11 is 6.05. The van der Waals surface area contributed by atoms with E-state index < -0.39 is 0 Å². The van der Waals surface area contributed by atoms with Crippen LogP contribution in [0.15, 0.2) is 18.2 Å². The standard InChI is InChI=1S/C15H25ClN4O/c1-4-20(9-5-8-19(2)3)11-15(21)18-14-7-6-12(17)10-13(14)16/h6-7,10H,4-5,8-9,11,17H2,1-3H3,(H,18,21). The van der Waals surface area contributed by atoms with Crippen LogP contribution in [-0.2, 0) is 4.79 Å². The van der Waals surface area contributed by atoms with E-state index in [-0.39, 0.29) is 5.91 Å². The van der Waals surface area contributed by atoms with E-state index in [1.54, 1.807) is 18.2 Å². The molecule has 0 aliphatic rings. The first-order chi connectivity index (χ1) is 9.92. The van der Waals surface area contributed by atoms with Crippen molar-refractivity contribution in [3.05, 3.63) is 23.2 Å². The van der Waals surface area contributed by atoms with Gasteiger partial charge in [-0.05, 0) is 58.3 Å². The van der Waals surface area contributed by atoms with Gasteiger partial charge in [-0.2, -0.15) is 0 Å². The average molecular weight is 313 g/mol. The topological polar surface area (TPSA) is 61.6 Å². The molecule has 0 saturated heterocycles. The van der Waals surface area contributed by atoms with Gasteiger partial charge in [0.15, 0.2) is 0 Å². The molecule has 0 fully saturated rings. The Labute approximate surface area is 132 Å². The number of rotatable bonds is 8. The molecule has 3 N–H and O–H groups in total. The maximum Gasteiger partial charge on any atom is 0.238 e. The van der Waals surface area contributed by atoms with Crippen LogP contribution in [0.2, 0.25) is 5.02 Å². The fraction of sp³-hybridized carbons (Fsp3) is 0.533. The maximum absolute atomic E-state index is 12.1. The van der Waals surface area contributed by atoms with Gasteiger partial charge in [0.25, 0.3) is 0 Å². The number of likely N-dealkylation sites (N-methyl/N-ethyl adjacent to an activating group) is 1. The zero-order valence-electron chi connectivity index (χ0n) is 13.0. The van der Waals surface area contributed by atoms with Crippen molar-refractivity contribution in [3.8, 4) is 0 Å². The Bertz CT molecular complexity index is 465. The molecule has 1 amide bonds. The predicted octanol–water partition coefficient (Wildman–Crippen LogP) is 2.13. The zero-order valence-corrected chi connectivity index (χ0v) is 13.8. The van der Waals surface area contributed by atoms with Gasteiger partial charge < -0.3 is 16.0 Å². The molecule has 0 spiro atoms. The minimum atomic E-state index is -0.0617. The van der Waals surface area contributed by atoms with E-state index in [0.29, 0.717) is 22.9 Å². The number of halogens is 1. The third-order valence-corrected chi connectivity index (χ3v) is 3.47. The van der Waals surface area contributed by atoms with Gasteiger partial charge in [0.05, 0.1) is 17.3 Å². The Kier molecular flexibility index (Phi) is 7.50. The number of hydrogen-bond donors (Lipinski definition) is 2. The molecule has 0 unspecified atom stereocenters. The molecule has 1 aromatic rings. The number of anilines is 2. The van der Waals surface area contributed by atoms with Crippen molar-refractivity contribution in [1.82, 2.24) is 9.80 Å². The van der Waals surface area contributed by atoms with Gasteiger partial charge in [-0.1, -0.05) is 18.5 Å². The molecular formula is C15H25ClN4O. The molecule has 5 nitrogen and oxygen atoms in total. The van der Waals surface area contributed by atoms with E-state index in [4.69, 9.17) is 17.3 Å². The second-order valence-electron chi connectivity index (χ2n) is 5.31. The van der Waals surface area contributed by atoms with Crippen LogP contribution in [0.3, 0.4) is 0 Å². The second kappa shape index (κ2) is 8.87. The summed E-state index contributed by atoms with van der Waals surface area (Å²) in [4.78, 5) is 16.3. The quantitative estimate of drug-likeness (QED) is 0.722. The third kappa shape index (κ3) is 6.80. The van der Waals surface area contributed by atoms with Gasteiger partial charge >= 0.3 is 0 Å². The van der Waals surface area contributed by atoms with Gasteiger partial charge in [0, 0.05) is 5.69 Å². The first kappa shape index (κ1) is 17.8. The highest BCUT2D eigenvalue weighted by atomic mass is 35.5. The molecule has 21 heavy (non-hydrogen) atoms. The van der Waals surface area contributed by atoms with Crippen molar-refractivity contribution in [3.63, 3.8) is 0 Å². The lowest BCUT2D eigenvalue weighted by Gasteiger charge is -2.21. The molecular weight excluding hydrogens is 288 g/mol. The van der Waals surface area contributed by atoms with E-state index in [1.165, 1.54) is 0 Å². The molecule has 1 aromatic carbocycles. The zero-order chi connectivity index (χ0) is 15.8. The van der Waals surface area contributed by atoms with Crippen LogP contribution in [0.25, 0.3) is 0 Å². The Balaban J connectivity index is 2.47. The molecule has 1 rings (SSSR count). The number of hydrogen-bond acceptors (Lipinski definition) is 4. The van der Waals surface area contributed by atoms with E-state index in [0.717, 1.165) is 26.1 Å². The number of carbonyl (C=O) groups excluding carboxylic acids is 1. The highest BCUT2D eigenvalue weighted by molar-refractivity contribution is 6.34. The van der Waals surface area contributed by atoms with Crippen molar-refractivity contribution < 1.29 is 4.79 Å². The smallest absolute Gasteiger partial charge is 0.238 e. The summed E-state index contributed by atoms with van der Waals surface area (Å²) < 4.78 is 0. The van der Waals surface area contributed by atoms with Crippen LogP contribution in [-0.4, -0.2) is 56.0 Å². The minimum Gasteiger partial charge on any atom is -0.399 e. The van der Waals surface area contributed by atoms with Crippen LogP contribution in [0.1, 0.15) is 13.3 Å². The average Bonchev–Trinajstić information content (AvgIpc) is 2.40. The van der Waals surface area contributed by atoms with Crippen LogP contribution in [0.5, 0.6) is 0 Å². The molecule has 0 saturated carbocycles. The Hall–Kier alpha value is -1.30. The van der Waals surface area contributed by atoms with Gasteiger partial charge in [0.1, 0.15) is 0 Å². The van der Waals surface area contributed by atoms with Gasteiger partial charge in [-0.15, -0.1) is 0 Å². The highest BCUT2D eigenvalue weighted by Gasteiger charge is 2.11. The molecule has 0 heterocycles. The Morgan fingerprint density at radius 1 is 1.33 bits per heavy atom. The van der Waals surface area contributed by atoms with Crippen molar-refractivity contribution in [2.45, 2.75) is 13.3 Å². The van der Waals surface area contributed by atoms with Crippen LogP contribution in [0.4, 0.5) is 11.4 Å². The monoisotopic (exact) mass is 312 g/mol. The number of nitrogens with one attached hydrogen (secondary N) is 1. The van der Waals surface area contributed by atoms with Crippen molar-refractivity contribution >= 4 is 28.9 Å². The Morgan fingerprint density at radius 2 is 2.05 bits per heavy atom. The first-order valence-corrected chi connectivity index (χ1v) is 7.52. The summed E-state index contributed by atoms with van der Waals surface area (Å²) in [7, 11) is 4.10. The molecule has 118 valence electrons. The Morgan fingerprint density at radius 3 is 2.62 bits per heavy atom. The number of nitrogens with zero attached hydrogens (tertiary/aromatic N) is 2. The molecule has 0 bridgehead atoms. The highest BCUT2D eigenvalue weighted by Crippen LogP contribution is 2.23. The first-order valence-electron chi connectivity index (χ1n) is 7.14. The number of nitrogen functional groups attached to an aromatic ring is 1. The SMILES string of the molecule is CCN(CCCN(C)C)CC(=O)Nc1ccc(N)cc1Cl. The minimum absolute atomic E-state index is 0.0617. The van der Waals surface area contributed by atoms with Crippen molar-refractivity contribution in [2.75, 3.05) is 51.3 Å². The fourth-order valence-electron chi connectivity index (χ4n) is 1.99. The lowest BCUT2D eigenvalue weighted by molar-refractivity contribution is -0.117. The molecule has 6 heteroatoms. The maximum atomic E-state index is 12.1. The number of carbonyl (C=O) groups is 1. The van der Waals surface area contributed by atoms with Gasteiger partial charge in [-0.25, -0.2) is 0 Å². The lowest BCUT2D eigenvalue weighted by atomic mass is 10.3. The van der Waals surface area contributed by atoms with Gasteiger partial charge in [-0.3, -0.25) is 9.69 Å². The van der Waals surface area contributed by atoms with Crippen LogP contribution >= 0.6 is 11.6 Å². The largest absolute Gasteiger partial charge is 0.399 e. The summed E-state index contributed by atoms with van der Waals surface area (Å²) in [6.45, 7) is 5.18. The van der Waals surface area contributed by atoms with Gasteiger partial charge in [0.2, 0.25) is 5.91 Å². The fourth-order valence-corrected chi connectivity index (χ4v) is 2.22. The van der Waals surface area contributed by atoms with Crippen LogP contribution in [0, 0.1) is 0 Å². The van der Waals surface area contributed by atoms with E-state index in [2.05, 4.69) is 22.0 Å². The molecule has 0 radical (unpaired) electrons. The van der Waals surface area contributed by atoms with Crippen molar-refractivity contribution in [2.24, 2.45) is 0 Å². The summed E-state index contributed by atoms with van der Waals surface area (Å²) in [5.41, 5.74) is 6.81. The summed E-state index contributed by atoms with van der Waals surface area (Å²) in [5.74, 6) is -0.0617. The van der Waals surface area contributed by atoms with Crippen molar-refractivity contribution in [1.29, 1.82) is 0 Å². The predicted molar refractivity (Wildman–Crippen MR) is 89.8 cm³/mol. The number of amides is 1. The summed E-state index contributed by atoms with van der Waals surface area (Å²) in [6.07, 6.45) is 1.04. The second-order valence-corrected chi connectivity index (χ2v) is 5.72. The number of benzene rings is 1. The molecule has 0 aromatic heterocycles. The summed E-state index contributed by atoms with van der Waals surface area (Å²) in [5, 5.41) is 3.28.